The molecule has 3 rings (SSSR count). The summed E-state index contributed by atoms with van der Waals surface area (Å²) in [6.07, 6.45) is 5.43. The van der Waals surface area contributed by atoms with Crippen molar-refractivity contribution in [3.05, 3.63) is 35.5 Å². The average molecular weight is 304 g/mol. The van der Waals surface area contributed by atoms with E-state index in [-0.39, 0.29) is 0 Å². The molecule has 1 aliphatic heterocycles. The van der Waals surface area contributed by atoms with Crippen LogP contribution in [0.4, 0.5) is 5.69 Å². The number of aromatic nitrogens is 1. The van der Waals surface area contributed by atoms with Gasteiger partial charge in [0.25, 0.3) is 0 Å². The Labute approximate surface area is 131 Å². The zero-order chi connectivity index (χ0) is 14.7. The zero-order valence-electron chi connectivity index (χ0n) is 12.5. The van der Waals surface area contributed by atoms with Gasteiger partial charge in [-0.3, -0.25) is 4.98 Å². The van der Waals surface area contributed by atoms with E-state index in [9.17, 15) is 0 Å². The Balaban J connectivity index is 1.78. The number of nitrogens with zero attached hydrogens (tertiary/aromatic N) is 2. The summed E-state index contributed by atoms with van der Waals surface area (Å²) >= 11 is 6.28. The van der Waals surface area contributed by atoms with Gasteiger partial charge in [-0.05, 0) is 50.1 Å². The molecule has 0 bridgehead atoms. The number of pyridine rings is 1. The summed E-state index contributed by atoms with van der Waals surface area (Å²) in [7, 11) is 0. The predicted molar refractivity (Wildman–Crippen MR) is 90.3 cm³/mol. The highest BCUT2D eigenvalue weighted by Gasteiger charge is 2.20. The summed E-state index contributed by atoms with van der Waals surface area (Å²) in [5.41, 5.74) is 2.23. The van der Waals surface area contributed by atoms with E-state index in [1.807, 2.05) is 24.4 Å². The van der Waals surface area contributed by atoms with Crippen LogP contribution in [-0.2, 0) is 0 Å². The molecule has 0 radical (unpaired) electrons. The number of fused-ring (bicyclic) bond motifs is 1. The van der Waals surface area contributed by atoms with Gasteiger partial charge in [0.1, 0.15) is 0 Å². The number of benzene rings is 1. The van der Waals surface area contributed by atoms with Crippen molar-refractivity contribution in [2.75, 3.05) is 24.5 Å². The van der Waals surface area contributed by atoms with E-state index in [1.54, 1.807) is 0 Å². The first-order valence-corrected chi connectivity index (χ1v) is 8.19. The standard InChI is InChI=1S/C17H22ClN3/c1-2-9-19-13-7-11-21(12-8-13)16-6-5-15(18)14-4-3-10-20-17(14)16/h3-6,10,13,19H,2,7-9,11-12H2,1H3. The van der Waals surface area contributed by atoms with E-state index >= 15 is 0 Å². The quantitative estimate of drug-likeness (QED) is 0.929. The minimum Gasteiger partial charge on any atom is -0.370 e. The summed E-state index contributed by atoms with van der Waals surface area (Å²) in [5.74, 6) is 0. The molecule has 0 saturated carbocycles. The molecule has 1 aliphatic rings. The predicted octanol–water partition coefficient (Wildman–Crippen LogP) is 3.86. The van der Waals surface area contributed by atoms with Gasteiger partial charge < -0.3 is 10.2 Å². The monoisotopic (exact) mass is 303 g/mol. The number of anilines is 1. The van der Waals surface area contributed by atoms with Gasteiger partial charge in [0.15, 0.2) is 0 Å². The highest BCUT2D eigenvalue weighted by molar-refractivity contribution is 6.35. The molecule has 1 N–H and O–H groups in total. The van der Waals surface area contributed by atoms with Crippen LogP contribution in [-0.4, -0.2) is 30.7 Å². The summed E-state index contributed by atoms with van der Waals surface area (Å²) in [5, 5.41) is 5.45. The van der Waals surface area contributed by atoms with Crippen LogP contribution >= 0.6 is 11.6 Å². The second-order valence-electron chi connectivity index (χ2n) is 5.68. The normalized spacial score (nSPS) is 16.6. The molecular formula is C17H22ClN3. The molecule has 1 aromatic heterocycles. The molecule has 1 aromatic carbocycles. The molecular weight excluding hydrogens is 282 g/mol. The molecule has 0 unspecified atom stereocenters. The SMILES string of the molecule is CCCNC1CCN(c2ccc(Cl)c3cccnc23)CC1. The molecule has 0 aliphatic carbocycles. The van der Waals surface area contributed by atoms with E-state index in [2.05, 4.69) is 28.2 Å². The topological polar surface area (TPSA) is 28.2 Å². The second-order valence-corrected chi connectivity index (χ2v) is 6.09. The minimum atomic E-state index is 0.660. The smallest absolute Gasteiger partial charge is 0.0950 e. The lowest BCUT2D eigenvalue weighted by atomic mass is 10.0. The number of nitrogens with one attached hydrogen (secondary N) is 1. The minimum absolute atomic E-state index is 0.660. The summed E-state index contributed by atoms with van der Waals surface area (Å²) < 4.78 is 0. The zero-order valence-corrected chi connectivity index (χ0v) is 13.2. The van der Waals surface area contributed by atoms with Gasteiger partial charge in [0.2, 0.25) is 0 Å². The van der Waals surface area contributed by atoms with Crippen molar-refractivity contribution >= 4 is 28.2 Å². The highest BCUT2D eigenvalue weighted by atomic mass is 35.5. The maximum absolute atomic E-state index is 6.28. The van der Waals surface area contributed by atoms with Crippen molar-refractivity contribution in [3.63, 3.8) is 0 Å². The maximum atomic E-state index is 6.28. The van der Waals surface area contributed by atoms with E-state index < -0.39 is 0 Å². The highest BCUT2D eigenvalue weighted by Crippen LogP contribution is 2.31. The third kappa shape index (κ3) is 3.14. The number of hydrogen-bond donors (Lipinski definition) is 1. The molecule has 2 heterocycles. The molecule has 21 heavy (non-hydrogen) atoms. The Bertz CT molecular complexity index is 606. The van der Waals surface area contributed by atoms with Crippen LogP contribution in [0.15, 0.2) is 30.5 Å². The lowest BCUT2D eigenvalue weighted by molar-refractivity contribution is 0.416. The third-order valence-electron chi connectivity index (χ3n) is 4.21. The van der Waals surface area contributed by atoms with E-state index in [0.29, 0.717) is 6.04 Å². The lowest BCUT2D eigenvalue weighted by Gasteiger charge is -2.34. The number of piperidine rings is 1. The first-order chi connectivity index (χ1) is 10.3. The van der Waals surface area contributed by atoms with Gasteiger partial charge >= 0.3 is 0 Å². The van der Waals surface area contributed by atoms with Crippen molar-refractivity contribution in [3.8, 4) is 0 Å². The van der Waals surface area contributed by atoms with Crippen LogP contribution in [0.3, 0.4) is 0 Å². The van der Waals surface area contributed by atoms with Crippen LogP contribution in [0, 0.1) is 0 Å². The molecule has 4 heteroatoms. The first-order valence-electron chi connectivity index (χ1n) is 7.81. The van der Waals surface area contributed by atoms with E-state index in [0.717, 1.165) is 35.6 Å². The molecule has 2 aromatic rings. The van der Waals surface area contributed by atoms with Crippen molar-refractivity contribution in [2.45, 2.75) is 32.2 Å². The maximum Gasteiger partial charge on any atom is 0.0950 e. The summed E-state index contributed by atoms with van der Waals surface area (Å²) in [6.45, 7) is 5.49. The fourth-order valence-corrected chi connectivity index (χ4v) is 3.27. The van der Waals surface area contributed by atoms with Crippen LogP contribution in [0.5, 0.6) is 0 Å². The van der Waals surface area contributed by atoms with E-state index in [4.69, 9.17) is 11.6 Å². The van der Waals surface area contributed by atoms with Gasteiger partial charge in [-0.15, -0.1) is 0 Å². The first kappa shape index (κ1) is 14.6. The average Bonchev–Trinajstić information content (AvgIpc) is 2.54. The molecule has 0 spiro atoms. The fraction of sp³-hybridized carbons (Fsp3) is 0.471. The fourth-order valence-electron chi connectivity index (χ4n) is 3.05. The molecule has 1 saturated heterocycles. The van der Waals surface area contributed by atoms with Gasteiger partial charge in [-0.25, -0.2) is 0 Å². The Kier molecular flexibility index (Phi) is 4.61. The summed E-state index contributed by atoms with van der Waals surface area (Å²) in [4.78, 5) is 6.98. The largest absolute Gasteiger partial charge is 0.370 e. The number of rotatable bonds is 4. The van der Waals surface area contributed by atoms with Crippen molar-refractivity contribution in [1.82, 2.24) is 10.3 Å². The van der Waals surface area contributed by atoms with E-state index in [1.165, 1.54) is 24.9 Å². The van der Waals surface area contributed by atoms with Crippen LogP contribution in [0.2, 0.25) is 5.02 Å². The summed E-state index contributed by atoms with van der Waals surface area (Å²) in [6, 6.07) is 8.75. The molecule has 3 nitrogen and oxygen atoms in total. The van der Waals surface area contributed by atoms with Crippen LogP contribution < -0.4 is 10.2 Å². The van der Waals surface area contributed by atoms with Gasteiger partial charge in [0, 0.05) is 30.7 Å². The second kappa shape index (κ2) is 6.63. The number of hydrogen-bond acceptors (Lipinski definition) is 3. The molecule has 112 valence electrons. The van der Waals surface area contributed by atoms with Crippen LogP contribution in [0.1, 0.15) is 26.2 Å². The molecule has 0 atom stereocenters. The Hall–Kier alpha value is -1.32. The number of halogens is 1. The van der Waals surface area contributed by atoms with Gasteiger partial charge in [0.05, 0.1) is 16.2 Å². The van der Waals surface area contributed by atoms with Gasteiger partial charge in [-0.2, -0.15) is 0 Å². The van der Waals surface area contributed by atoms with Crippen molar-refractivity contribution < 1.29 is 0 Å². The van der Waals surface area contributed by atoms with Crippen molar-refractivity contribution in [1.29, 1.82) is 0 Å². The van der Waals surface area contributed by atoms with Crippen molar-refractivity contribution in [2.24, 2.45) is 0 Å². The lowest BCUT2D eigenvalue weighted by Crippen LogP contribution is -2.42. The van der Waals surface area contributed by atoms with Crippen LogP contribution in [0.25, 0.3) is 10.9 Å². The molecule has 0 amide bonds. The Morgan fingerprint density at radius 1 is 1.29 bits per heavy atom. The Morgan fingerprint density at radius 3 is 2.86 bits per heavy atom. The third-order valence-corrected chi connectivity index (χ3v) is 4.54. The molecule has 1 fully saturated rings. The van der Waals surface area contributed by atoms with Gasteiger partial charge in [-0.1, -0.05) is 18.5 Å². The Morgan fingerprint density at radius 2 is 2.10 bits per heavy atom.